The van der Waals surface area contributed by atoms with Crippen molar-refractivity contribution in [2.24, 2.45) is 5.10 Å². The lowest BCUT2D eigenvalue weighted by Crippen LogP contribution is -2.31. The summed E-state index contributed by atoms with van der Waals surface area (Å²) in [4.78, 5) is 27.0. The van der Waals surface area contributed by atoms with E-state index in [1.54, 1.807) is 30.3 Å². The summed E-state index contributed by atoms with van der Waals surface area (Å²) in [5.41, 5.74) is 4.61. The van der Waals surface area contributed by atoms with Gasteiger partial charge in [0.2, 0.25) is 17.8 Å². The van der Waals surface area contributed by atoms with Gasteiger partial charge in [-0.05, 0) is 55.7 Å². The summed E-state index contributed by atoms with van der Waals surface area (Å²) in [5, 5.41) is 16.7. The topological polar surface area (TPSA) is 129 Å². The summed E-state index contributed by atoms with van der Waals surface area (Å²) in [6.07, 6.45) is 4.92. The molecule has 10 nitrogen and oxygen atoms in total. The number of hydrogen-bond acceptors (Lipinski definition) is 9. The molecule has 3 heterocycles. The molecule has 36 heavy (non-hydrogen) atoms. The largest absolute Gasteiger partial charge is 0.478 e. The fourth-order valence-electron chi connectivity index (χ4n) is 3.89. The van der Waals surface area contributed by atoms with Crippen LogP contribution in [0.5, 0.6) is 0 Å². The van der Waals surface area contributed by atoms with Crippen LogP contribution >= 0.6 is 0 Å². The number of para-hydroxylation sites is 1. The number of carboxylic acids is 1. The third-order valence-electron chi connectivity index (χ3n) is 5.67. The SMILES string of the molecule is O=C(O)c1cccc(-c2ccc(/C=N\Nc3nc(Nc4ccccc4)nc(N4CCCCC4)n3)o2)c1. The average molecular weight is 484 g/mol. The number of hydrazone groups is 1. The normalized spacial score (nSPS) is 13.6. The van der Waals surface area contributed by atoms with E-state index in [4.69, 9.17) is 4.42 Å². The van der Waals surface area contributed by atoms with E-state index in [1.165, 1.54) is 18.7 Å². The molecular weight excluding hydrogens is 458 g/mol. The van der Waals surface area contributed by atoms with E-state index in [0.29, 0.717) is 34.9 Å². The van der Waals surface area contributed by atoms with Gasteiger partial charge < -0.3 is 19.7 Å². The maximum Gasteiger partial charge on any atom is 0.335 e. The molecule has 1 fully saturated rings. The lowest BCUT2D eigenvalue weighted by Gasteiger charge is -2.26. The van der Waals surface area contributed by atoms with E-state index < -0.39 is 5.97 Å². The van der Waals surface area contributed by atoms with E-state index in [0.717, 1.165) is 31.6 Å². The molecule has 2 aromatic carbocycles. The molecule has 2 aromatic heterocycles. The standard InChI is InChI=1S/C26H25N7O3/c34-23(35)19-9-7-8-18(16-19)22-13-12-21(36-22)17-27-32-25-29-24(28-20-10-3-1-4-11-20)30-26(31-25)33-14-5-2-6-15-33/h1,3-4,7-13,16-17H,2,5-6,14-15H2,(H,34,35)(H2,28,29,30,31,32)/b27-17-. The monoisotopic (exact) mass is 483 g/mol. The molecule has 4 aromatic rings. The predicted molar refractivity (Wildman–Crippen MR) is 138 cm³/mol. The number of carbonyl (C=O) groups is 1. The first-order valence-electron chi connectivity index (χ1n) is 11.7. The molecule has 0 unspecified atom stereocenters. The van der Waals surface area contributed by atoms with Gasteiger partial charge in [0.15, 0.2) is 0 Å². The highest BCUT2D eigenvalue weighted by molar-refractivity contribution is 5.89. The van der Waals surface area contributed by atoms with E-state index in [-0.39, 0.29) is 5.56 Å². The van der Waals surface area contributed by atoms with Gasteiger partial charge in [-0.15, -0.1) is 0 Å². The van der Waals surface area contributed by atoms with Crippen molar-refractivity contribution in [3.63, 3.8) is 0 Å². The van der Waals surface area contributed by atoms with Crippen LogP contribution in [0, 0.1) is 0 Å². The Morgan fingerprint density at radius 3 is 2.56 bits per heavy atom. The molecule has 1 aliphatic heterocycles. The molecule has 0 radical (unpaired) electrons. The zero-order valence-corrected chi connectivity index (χ0v) is 19.5. The Morgan fingerprint density at radius 2 is 1.75 bits per heavy atom. The van der Waals surface area contributed by atoms with Gasteiger partial charge in [0.25, 0.3) is 0 Å². The molecule has 182 valence electrons. The lowest BCUT2D eigenvalue weighted by molar-refractivity contribution is 0.0697. The third kappa shape index (κ3) is 5.66. The molecular formula is C26H25N7O3. The Morgan fingerprint density at radius 1 is 0.944 bits per heavy atom. The van der Waals surface area contributed by atoms with Crippen LogP contribution in [0.1, 0.15) is 35.4 Å². The highest BCUT2D eigenvalue weighted by Gasteiger charge is 2.16. The van der Waals surface area contributed by atoms with Crippen molar-refractivity contribution < 1.29 is 14.3 Å². The van der Waals surface area contributed by atoms with Gasteiger partial charge in [0.1, 0.15) is 11.5 Å². The average Bonchev–Trinajstić information content (AvgIpc) is 3.39. The Labute approximate surface area is 207 Å². The Balaban J connectivity index is 1.33. The molecule has 1 saturated heterocycles. The van der Waals surface area contributed by atoms with E-state index in [9.17, 15) is 9.90 Å². The lowest BCUT2D eigenvalue weighted by atomic mass is 10.1. The summed E-state index contributed by atoms with van der Waals surface area (Å²) in [5.74, 6) is 1.37. The maximum absolute atomic E-state index is 11.2. The zero-order chi connectivity index (χ0) is 24.7. The highest BCUT2D eigenvalue weighted by atomic mass is 16.4. The van der Waals surface area contributed by atoms with Gasteiger partial charge >= 0.3 is 5.97 Å². The number of benzene rings is 2. The molecule has 0 aliphatic carbocycles. The van der Waals surface area contributed by atoms with Crippen LogP contribution in [-0.2, 0) is 0 Å². The second-order valence-corrected chi connectivity index (χ2v) is 8.28. The number of anilines is 4. The van der Waals surface area contributed by atoms with Crippen molar-refractivity contribution in [3.8, 4) is 11.3 Å². The number of hydrogen-bond donors (Lipinski definition) is 3. The Hall–Kier alpha value is -4.73. The first kappa shape index (κ1) is 23.0. The van der Waals surface area contributed by atoms with Gasteiger partial charge in [0, 0.05) is 24.3 Å². The van der Waals surface area contributed by atoms with Gasteiger partial charge in [0.05, 0.1) is 11.8 Å². The van der Waals surface area contributed by atoms with E-state index >= 15 is 0 Å². The van der Waals surface area contributed by atoms with Crippen molar-refractivity contribution in [1.82, 2.24) is 15.0 Å². The van der Waals surface area contributed by atoms with E-state index in [2.05, 4.69) is 35.7 Å². The molecule has 0 atom stereocenters. The second-order valence-electron chi connectivity index (χ2n) is 8.28. The third-order valence-corrected chi connectivity index (χ3v) is 5.67. The van der Waals surface area contributed by atoms with E-state index in [1.807, 2.05) is 30.3 Å². The van der Waals surface area contributed by atoms with Crippen molar-refractivity contribution in [1.29, 1.82) is 0 Å². The Bertz CT molecular complexity index is 1360. The molecule has 3 N–H and O–H groups in total. The van der Waals surface area contributed by atoms with Crippen molar-refractivity contribution >= 4 is 35.7 Å². The van der Waals surface area contributed by atoms with Gasteiger partial charge in [-0.1, -0.05) is 30.3 Å². The molecule has 10 heteroatoms. The van der Waals surface area contributed by atoms with Gasteiger partial charge in [-0.25, -0.2) is 10.2 Å². The van der Waals surface area contributed by atoms with Crippen LogP contribution < -0.4 is 15.6 Å². The molecule has 1 aliphatic rings. The van der Waals surface area contributed by atoms with Crippen LogP contribution in [0.3, 0.4) is 0 Å². The summed E-state index contributed by atoms with van der Waals surface area (Å²) >= 11 is 0. The maximum atomic E-state index is 11.2. The quantitative estimate of drug-likeness (QED) is 0.234. The van der Waals surface area contributed by atoms with Gasteiger partial charge in [-0.2, -0.15) is 20.1 Å². The first-order valence-corrected chi connectivity index (χ1v) is 11.7. The number of nitrogens with zero attached hydrogens (tertiary/aromatic N) is 5. The smallest absolute Gasteiger partial charge is 0.335 e. The minimum atomic E-state index is -0.989. The van der Waals surface area contributed by atoms with Crippen LogP contribution in [0.15, 0.2) is 76.2 Å². The first-order chi connectivity index (χ1) is 17.6. The summed E-state index contributed by atoms with van der Waals surface area (Å²) in [6.45, 7) is 1.80. The zero-order valence-electron chi connectivity index (χ0n) is 19.5. The van der Waals surface area contributed by atoms with Crippen molar-refractivity contribution in [2.75, 3.05) is 28.7 Å². The minimum absolute atomic E-state index is 0.194. The van der Waals surface area contributed by atoms with Gasteiger partial charge in [-0.3, -0.25) is 0 Å². The van der Waals surface area contributed by atoms with Crippen LogP contribution in [0.25, 0.3) is 11.3 Å². The summed E-state index contributed by atoms with van der Waals surface area (Å²) in [6, 6.07) is 19.8. The number of aromatic nitrogens is 3. The van der Waals surface area contributed by atoms with Crippen molar-refractivity contribution in [2.45, 2.75) is 19.3 Å². The number of piperidine rings is 1. The Kier molecular flexibility index (Phi) is 6.83. The van der Waals surface area contributed by atoms with Crippen LogP contribution in [0.4, 0.5) is 23.5 Å². The molecule has 0 bridgehead atoms. The van der Waals surface area contributed by atoms with Crippen molar-refractivity contribution in [3.05, 3.63) is 78.1 Å². The van der Waals surface area contributed by atoms with Crippen LogP contribution in [-0.4, -0.2) is 45.3 Å². The second kappa shape index (κ2) is 10.7. The number of rotatable bonds is 8. The number of aromatic carboxylic acids is 1. The minimum Gasteiger partial charge on any atom is -0.478 e. The number of furan rings is 1. The number of carboxylic acid groups (broad SMARTS) is 1. The molecule has 0 saturated carbocycles. The molecule has 0 spiro atoms. The predicted octanol–water partition coefficient (Wildman–Crippen LogP) is 5.01. The molecule has 5 rings (SSSR count). The summed E-state index contributed by atoms with van der Waals surface area (Å²) < 4.78 is 5.81. The highest BCUT2D eigenvalue weighted by Crippen LogP contribution is 2.23. The number of nitrogens with one attached hydrogen (secondary N) is 2. The molecule has 0 amide bonds. The van der Waals surface area contributed by atoms with Crippen LogP contribution in [0.2, 0.25) is 0 Å². The fraction of sp³-hybridized carbons (Fsp3) is 0.192. The summed E-state index contributed by atoms with van der Waals surface area (Å²) in [7, 11) is 0. The fourth-order valence-corrected chi connectivity index (χ4v) is 3.89.